The minimum atomic E-state index is -3.71. The van der Waals surface area contributed by atoms with Gasteiger partial charge in [-0.15, -0.1) is 11.3 Å². The van der Waals surface area contributed by atoms with Gasteiger partial charge < -0.3 is 0 Å². The second-order valence-electron chi connectivity index (χ2n) is 4.29. The van der Waals surface area contributed by atoms with Crippen LogP contribution in [-0.4, -0.2) is 29.7 Å². The van der Waals surface area contributed by atoms with Crippen molar-refractivity contribution in [3.8, 4) is 0 Å². The lowest BCUT2D eigenvalue weighted by Gasteiger charge is -2.16. The molecule has 0 saturated carbocycles. The number of rotatable bonds is 5. The summed E-state index contributed by atoms with van der Waals surface area (Å²) in [7, 11) is -2.22. The normalized spacial score (nSPS) is 12.0. The van der Waals surface area contributed by atoms with Gasteiger partial charge in [-0.1, -0.05) is 18.5 Å². The summed E-state index contributed by atoms with van der Waals surface area (Å²) < 4.78 is 26.9. The molecule has 0 unspecified atom stereocenters. The zero-order chi connectivity index (χ0) is 15.6. The molecule has 2 aromatic rings. The van der Waals surface area contributed by atoms with Crippen molar-refractivity contribution in [2.45, 2.75) is 24.8 Å². The summed E-state index contributed by atoms with van der Waals surface area (Å²) in [5, 5.41) is 2.81. The first-order valence-corrected chi connectivity index (χ1v) is 9.54. The van der Waals surface area contributed by atoms with Gasteiger partial charge in [0, 0.05) is 23.1 Å². The SMILES string of the molecule is CCc1nc(CN(C)S(=O)(=O)c2cc(Br)cnc2Cl)cs1. The van der Waals surface area contributed by atoms with Gasteiger partial charge in [-0.2, -0.15) is 4.31 Å². The Labute approximate surface area is 141 Å². The number of nitrogens with zero attached hydrogens (tertiary/aromatic N) is 3. The van der Waals surface area contributed by atoms with Gasteiger partial charge in [-0.3, -0.25) is 0 Å². The molecule has 0 fully saturated rings. The summed E-state index contributed by atoms with van der Waals surface area (Å²) in [6.07, 6.45) is 2.29. The van der Waals surface area contributed by atoms with Crippen LogP contribution in [0.25, 0.3) is 0 Å². The van der Waals surface area contributed by atoms with E-state index in [4.69, 9.17) is 11.6 Å². The van der Waals surface area contributed by atoms with Gasteiger partial charge in [0.1, 0.15) is 10.0 Å². The Bertz CT molecular complexity index is 749. The predicted octanol–water partition coefficient (Wildman–Crippen LogP) is 3.34. The standard InChI is InChI=1S/C12H13BrClN3O2S2/c1-3-11-16-9(7-20-11)6-17(2)21(18,19)10-4-8(13)5-15-12(10)14/h4-5,7H,3,6H2,1-2H3. The highest BCUT2D eigenvalue weighted by atomic mass is 79.9. The Morgan fingerprint density at radius 3 is 2.81 bits per heavy atom. The van der Waals surface area contributed by atoms with Crippen LogP contribution in [0.2, 0.25) is 5.15 Å². The Hall–Kier alpha value is -0.540. The smallest absolute Gasteiger partial charge is 0.245 e. The lowest BCUT2D eigenvalue weighted by atomic mass is 10.5. The first-order chi connectivity index (χ1) is 9.84. The van der Waals surface area contributed by atoms with Gasteiger partial charge in [-0.25, -0.2) is 18.4 Å². The van der Waals surface area contributed by atoms with Crippen molar-refractivity contribution in [1.29, 1.82) is 0 Å². The van der Waals surface area contributed by atoms with E-state index in [0.717, 1.165) is 17.1 Å². The molecular weight excluding hydrogens is 398 g/mol. The van der Waals surface area contributed by atoms with Crippen LogP contribution in [0, 0.1) is 0 Å². The second kappa shape index (κ2) is 6.70. The topological polar surface area (TPSA) is 63.2 Å². The summed E-state index contributed by atoms with van der Waals surface area (Å²) in [4.78, 5) is 8.20. The highest BCUT2D eigenvalue weighted by molar-refractivity contribution is 9.10. The number of hydrogen-bond donors (Lipinski definition) is 0. The fourth-order valence-corrected chi connectivity index (χ4v) is 4.44. The molecule has 2 heterocycles. The molecule has 114 valence electrons. The molecule has 0 amide bonds. The maximum atomic E-state index is 12.5. The van der Waals surface area contributed by atoms with Crippen LogP contribution in [0.3, 0.4) is 0 Å². The minimum absolute atomic E-state index is 0.0213. The van der Waals surface area contributed by atoms with Gasteiger partial charge >= 0.3 is 0 Å². The fraction of sp³-hybridized carbons (Fsp3) is 0.333. The molecule has 2 rings (SSSR count). The number of pyridine rings is 1. The molecule has 5 nitrogen and oxygen atoms in total. The molecule has 9 heteroatoms. The third-order valence-corrected chi connectivity index (χ3v) is 6.45. The molecule has 0 atom stereocenters. The molecule has 0 aliphatic carbocycles. The molecule has 0 N–H and O–H groups in total. The third-order valence-electron chi connectivity index (χ3n) is 2.75. The molecule has 0 bridgehead atoms. The first kappa shape index (κ1) is 16.8. The number of aryl methyl sites for hydroxylation is 1. The lowest BCUT2D eigenvalue weighted by molar-refractivity contribution is 0.462. The van der Waals surface area contributed by atoms with Crippen molar-refractivity contribution in [2.24, 2.45) is 0 Å². The maximum Gasteiger partial charge on any atom is 0.246 e. The molecule has 0 saturated heterocycles. The van der Waals surface area contributed by atoms with Crippen LogP contribution in [0.5, 0.6) is 0 Å². The van der Waals surface area contributed by atoms with Crippen molar-refractivity contribution in [3.63, 3.8) is 0 Å². The summed E-state index contributed by atoms with van der Waals surface area (Å²) in [6, 6.07) is 1.44. The van der Waals surface area contributed by atoms with Gasteiger partial charge in [0.15, 0.2) is 0 Å². The van der Waals surface area contributed by atoms with E-state index >= 15 is 0 Å². The zero-order valence-electron chi connectivity index (χ0n) is 11.4. The van der Waals surface area contributed by atoms with Crippen molar-refractivity contribution >= 4 is 48.9 Å². The average Bonchev–Trinajstić information content (AvgIpc) is 2.89. The van der Waals surface area contributed by atoms with Gasteiger partial charge in [-0.05, 0) is 28.4 Å². The number of halogens is 2. The minimum Gasteiger partial charge on any atom is -0.245 e. The summed E-state index contributed by atoms with van der Waals surface area (Å²) in [6.45, 7) is 2.21. The molecule has 0 aliphatic rings. The molecule has 0 radical (unpaired) electrons. The van der Waals surface area contributed by atoms with E-state index in [0.29, 0.717) is 4.47 Å². The first-order valence-electron chi connectivity index (χ1n) is 6.05. The van der Waals surface area contributed by atoms with Crippen LogP contribution in [0.15, 0.2) is 27.0 Å². The van der Waals surface area contributed by atoms with Crippen molar-refractivity contribution < 1.29 is 8.42 Å². The quantitative estimate of drug-likeness (QED) is 0.709. The molecule has 21 heavy (non-hydrogen) atoms. The van der Waals surface area contributed by atoms with E-state index in [-0.39, 0.29) is 16.6 Å². The van der Waals surface area contributed by atoms with Crippen molar-refractivity contribution in [2.75, 3.05) is 7.05 Å². The average molecular weight is 411 g/mol. The van der Waals surface area contributed by atoms with Gasteiger partial charge in [0.05, 0.1) is 17.2 Å². The molecule has 0 aliphatic heterocycles. The number of thiazole rings is 1. The van der Waals surface area contributed by atoms with Crippen LogP contribution >= 0.6 is 38.9 Å². The van der Waals surface area contributed by atoms with E-state index in [1.807, 2.05) is 12.3 Å². The largest absolute Gasteiger partial charge is 0.246 e. The fourth-order valence-electron chi connectivity index (χ4n) is 1.65. The lowest BCUT2D eigenvalue weighted by Crippen LogP contribution is -2.27. The van der Waals surface area contributed by atoms with E-state index in [1.165, 1.54) is 35.0 Å². The number of sulfonamides is 1. The Morgan fingerprint density at radius 1 is 1.48 bits per heavy atom. The zero-order valence-corrected chi connectivity index (χ0v) is 15.4. The Morgan fingerprint density at radius 2 is 2.19 bits per heavy atom. The summed E-state index contributed by atoms with van der Waals surface area (Å²) >= 11 is 10.6. The van der Waals surface area contributed by atoms with Gasteiger partial charge in [0.25, 0.3) is 0 Å². The second-order valence-corrected chi connectivity index (χ2v) is 8.52. The Kier molecular flexibility index (Phi) is 5.37. The van der Waals surface area contributed by atoms with Gasteiger partial charge in [0.2, 0.25) is 10.0 Å². The Balaban J connectivity index is 2.28. The number of aromatic nitrogens is 2. The van der Waals surface area contributed by atoms with E-state index in [1.54, 1.807) is 0 Å². The van der Waals surface area contributed by atoms with Crippen molar-refractivity contribution in [3.05, 3.63) is 38.0 Å². The third kappa shape index (κ3) is 3.81. The monoisotopic (exact) mass is 409 g/mol. The van der Waals surface area contributed by atoms with Crippen molar-refractivity contribution in [1.82, 2.24) is 14.3 Å². The van der Waals surface area contributed by atoms with E-state index in [9.17, 15) is 8.42 Å². The molecular formula is C12H13BrClN3O2S2. The molecule has 0 aromatic carbocycles. The highest BCUT2D eigenvalue weighted by Gasteiger charge is 2.25. The maximum absolute atomic E-state index is 12.5. The van der Waals surface area contributed by atoms with Crippen LogP contribution in [-0.2, 0) is 23.0 Å². The highest BCUT2D eigenvalue weighted by Crippen LogP contribution is 2.26. The number of hydrogen-bond acceptors (Lipinski definition) is 5. The molecule has 2 aromatic heterocycles. The van der Waals surface area contributed by atoms with E-state index in [2.05, 4.69) is 25.9 Å². The van der Waals surface area contributed by atoms with Crippen LogP contribution in [0.1, 0.15) is 17.6 Å². The summed E-state index contributed by atoms with van der Waals surface area (Å²) in [5.41, 5.74) is 0.724. The van der Waals surface area contributed by atoms with E-state index < -0.39 is 10.0 Å². The summed E-state index contributed by atoms with van der Waals surface area (Å²) in [5.74, 6) is 0. The van der Waals surface area contributed by atoms with Crippen LogP contribution < -0.4 is 0 Å². The predicted molar refractivity (Wildman–Crippen MR) is 87.1 cm³/mol. The van der Waals surface area contributed by atoms with Crippen LogP contribution in [0.4, 0.5) is 0 Å². The molecule has 0 spiro atoms.